The summed E-state index contributed by atoms with van der Waals surface area (Å²) in [6, 6.07) is 6.98. The fraction of sp³-hybridized carbons (Fsp3) is 0.125. The first-order valence-corrected chi connectivity index (χ1v) is 9.06. The monoisotopic (exact) mass is 374 g/mol. The molecule has 0 atom stereocenters. The summed E-state index contributed by atoms with van der Waals surface area (Å²) in [4.78, 5) is 42.9. The summed E-state index contributed by atoms with van der Waals surface area (Å²) in [6.07, 6.45) is 1.39. The second-order valence-electron chi connectivity index (χ2n) is 5.18. The predicted octanol–water partition coefficient (Wildman–Crippen LogP) is 2.12. The van der Waals surface area contributed by atoms with Gasteiger partial charge in [0.05, 0.1) is 15.7 Å². The van der Waals surface area contributed by atoms with Crippen LogP contribution in [0.25, 0.3) is 10.9 Å². The second kappa shape index (κ2) is 7.08. The maximum Gasteiger partial charge on any atom is 0.262 e. The molecule has 4 N–H and O–H groups in total. The van der Waals surface area contributed by atoms with Crippen LogP contribution >= 0.6 is 23.1 Å². The quantitative estimate of drug-likeness (QED) is 0.591. The number of carbonyl (C=O) groups is 2. The molecule has 0 spiro atoms. The number of amides is 2. The maximum absolute atomic E-state index is 12.5. The number of anilines is 1. The molecule has 0 fully saturated rings. The van der Waals surface area contributed by atoms with E-state index in [0.717, 1.165) is 4.21 Å². The maximum atomic E-state index is 12.5. The Morgan fingerprint density at radius 2 is 2.12 bits per heavy atom. The fourth-order valence-corrected chi connectivity index (χ4v) is 4.08. The van der Waals surface area contributed by atoms with Crippen molar-refractivity contribution in [1.82, 2.24) is 9.97 Å². The molecule has 2 heterocycles. The molecule has 3 aromatic rings. The summed E-state index contributed by atoms with van der Waals surface area (Å²) >= 11 is 2.50. The van der Waals surface area contributed by atoms with Crippen LogP contribution in [0.3, 0.4) is 0 Å². The van der Waals surface area contributed by atoms with Crippen molar-refractivity contribution in [2.45, 2.75) is 11.1 Å². The van der Waals surface area contributed by atoms with Gasteiger partial charge in [-0.05, 0) is 19.1 Å². The van der Waals surface area contributed by atoms with E-state index in [1.807, 2.05) is 6.07 Å². The van der Waals surface area contributed by atoms with Crippen molar-refractivity contribution >= 4 is 50.9 Å². The van der Waals surface area contributed by atoms with Crippen LogP contribution in [0.5, 0.6) is 0 Å². The number of para-hydroxylation sites is 1. The number of fused-ring (bicyclic) bond motifs is 1. The van der Waals surface area contributed by atoms with Crippen LogP contribution in [0, 0.1) is 6.92 Å². The number of carbonyl (C=O) groups excluding carboxylic acids is 2. The van der Waals surface area contributed by atoms with Crippen LogP contribution in [0.15, 0.2) is 39.5 Å². The average molecular weight is 374 g/mol. The molecular weight excluding hydrogens is 360 g/mol. The summed E-state index contributed by atoms with van der Waals surface area (Å²) in [5.41, 5.74) is 6.16. The minimum atomic E-state index is -0.535. The van der Waals surface area contributed by atoms with Crippen LogP contribution in [0.1, 0.15) is 16.1 Å². The summed E-state index contributed by atoms with van der Waals surface area (Å²) in [5, 5.41) is 3.44. The van der Waals surface area contributed by atoms with Crippen LogP contribution in [0.2, 0.25) is 0 Å². The molecule has 2 aromatic heterocycles. The Morgan fingerprint density at radius 1 is 1.36 bits per heavy atom. The first-order chi connectivity index (χ1) is 12.0. The third-order valence-electron chi connectivity index (χ3n) is 3.35. The number of thioether (sulfide) groups is 1. The normalized spacial score (nSPS) is 10.8. The van der Waals surface area contributed by atoms with E-state index < -0.39 is 11.8 Å². The van der Waals surface area contributed by atoms with Crippen molar-refractivity contribution < 1.29 is 9.59 Å². The molecule has 2 amide bonds. The van der Waals surface area contributed by atoms with E-state index in [1.165, 1.54) is 29.3 Å². The Balaban J connectivity index is 1.83. The lowest BCUT2D eigenvalue weighted by Crippen LogP contribution is -2.21. The average Bonchev–Trinajstić information content (AvgIpc) is 2.92. The molecule has 0 aliphatic heterocycles. The number of H-pyrrole nitrogens is 1. The van der Waals surface area contributed by atoms with Crippen molar-refractivity contribution in [2.75, 3.05) is 11.1 Å². The Hall–Kier alpha value is -2.65. The van der Waals surface area contributed by atoms with Crippen LogP contribution < -0.4 is 16.5 Å². The third kappa shape index (κ3) is 3.72. The van der Waals surface area contributed by atoms with Gasteiger partial charge >= 0.3 is 0 Å². The molecule has 3 rings (SSSR count). The second-order valence-corrected chi connectivity index (χ2v) is 7.42. The summed E-state index contributed by atoms with van der Waals surface area (Å²) < 4.78 is 0.793. The molecule has 25 heavy (non-hydrogen) atoms. The Morgan fingerprint density at radius 3 is 2.88 bits per heavy atom. The number of aromatic amines is 1. The Bertz CT molecular complexity index is 1030. The molecule has 0 aliphatic carbocycles. The Labute approximate surface area is 150 Å². The smallest absolute Gasteiger partial charge is 0.262 e. The number of nitrogens with zero attached hydrogens (tertiary/aromatic N) is 1. The molecule has 0 radical (unpaired) electrons. The van der Waals surface area contributed by atoms with Gasteiger partial charge in [-0.2, -0.15) is 0 Å². The molecule has 7 nitrogen and oxygen atoms in total. The van der Waals surface area contributed by atoms with E-state index in [1.54, 1.807) is 25.1 Å². The van der Waals surface area contributed by atoms with Gasteiger partial charge in [0.2, 0.25) is 11.3 Å². The van der Waals surface area contributed by atoms with Crippen molar-refractivity contribution in [3.8, 4) is 0 Å². The highest BCUT2D eigenvalue weighted by Gasteiger charge is 2.16. The van der Waals surface area contributed by atoms with E-state index in [-0.39, 0.29) is 16.7 Å². The number of rotatable bonds is 5. The standard InChI is InChI=1S/C16H14N4O3S2/c1-8-15(24-7-12(17)21)25-16(19-8)20-14(23)10-6-18-11-5-3-2-4-9(11)13(10)22/h2-6H,7H2,1H3,(H2,17,21)(H,18,22)(H,19,20,23). The summed E-state index contributed by atoms with van der Waals surface area (Å²) in [5.74, 6) is -0.820. The zero-order chi connectivity index (χ0) is 18.0. The lowest BCUT2D eigenvalue weighted by atomic mass is 10.1. The summed E-state index contributed by atoms with van der Waals surface area (Å²) in [7, 11) is 0. The number of nitrogens with one attached hydrogen (secondary N) is 2. The van der Waals surface area contributed by atoms with E-state index in [9.17, 15) is 14.4 Å². The van der Waals surface area contributed by atoms with Crippen LogP contribution in [-0.4, -0.2) is 27.5 Å². The minimum Gasteiger partial charge on any atom is -0.369 e. The highest BCUT2D eigenvalue weighted by Crippen LogP contribution is 2.31. The zero-order valence-electron chi connectivity index (χ0n) is 13.2. The van der Waals surface area contributed by atoms with Gasteiger partial charge in [-0.25, -0.2) is 4.98 Å². The predicted molar refractivity (Wildman–Crippen MR) is 99.3 cm³/mol. The van der Waals surface area contributed by atoms with Crippen LogP contribution in [-0.2, 0) is 4.79 Å². The fourth-order valence-electron chi connectivity index (χ4n) is 2.21. The Kier molecular flexibility index (Phi) is 4.86. The van der Waals surface area contributed by atoms with Crippen LogP contribution in [0.4, 0.5) is 5.13 Å². The number of benzene rings is 1. The molecule has 0 unspecified atom stereocenters. The number of aromatic nitrogens is 2. The first kappa shape index (κ1) is 17.2. The molecule has 0 saturated heterocycles. The minimum absolute atomic E-state index is 0.0119. The molecule has 0 aliphatic rings. The van der Waals surface area contributed by atoms with Crippen molar-refractivity contribution in [3.63, 3.8) is 0 Å². The molecule has 1 aromatic carbocycles. The van der Waals surface area contributed by atoms with Crippen molar-refractivity contribution in [1.29, 1.82) is 0 Å². The molecular formula is C16H14N4O3S2. The number of hydrogen-bond acceptors (Lipinski definition) is 6. The number of thiazole rings is 1. The zero-order valence-corrected chi connectivity index (χ0v) is 14.8. The topological polar surface area (TPSA) is 118 Å². The van der Waals surface area contributed by atoms with Gasteiger partial charge in [0, 0.05) is 17.1 Å². The van der Waals surface area contributed by atoms with E-state index in [4.69, 9.17) is 5.73 Å². The highest BCUT2D eigenvalue weighted by atomic mass is 32.2. The van der Waals surface area contributed by atoms with E-state index >= 15 is 0 Å². The van der Waals surface area contributed by atoms with Gasteiger partial charge in [-0.3, -0.25) is 19.7 Å². The van der Waals surface area contributed by atoms with Gasteiger partial charge < -0.3 is 10.7 Å². The van der Waals surface area contributed by atoms with Crippen molar-refractivity contribution in [3.05, 3.63) is 51.9 Å². The van der Waals surface area contributed by atoms with Crippen molar-refractivity contribution in [2.24, 2.45) is 5.73 Å². The highest BCUT2D eigenvalue weighted by molar-refractivity contribution is 8.01. The third-order valence-corrected chi connectivity index (χ3v) is 5.81. The van der Waals surface area contributed by atoms with Gasteiger partial charge in [-0.1, -0.05) is 23.5 Å². The molecule has 0 bridgehead atoms. The number of pyridine rings is 1. The van der Waals surface area contributed by atoms with Gasteiger partial charge in [0.15, 0.2) is 5.13 Å². The largest absolute Gasteiger partial charge is 0.369 e. The van der Waals surface area contributed by atoms with Gasteiger partial charge in [-0.15, -0.1) is 11.8 Å². The van der Waals surface area contributed by atoms with Gasteiger partial charge in [0.25, 0.3) is 5.91 Å². The first-order valence-electron chi connectivity index (χ1n) is 7.26. The molecule has 128 valence electrons. The van der Waals surface area contributed by atoms with Gasteiger partial charge in [0.1, 0.15) is 5.56 Å². The number of nitrogens with two attached hydrogens (primary N) is 1. The number of primary amides is 1. The molecule has 9 heteroatoms. The van der Waals surface area contributed by atoms with E-state index in [2.05, 4.69) is 15.3 Å². The SMILES string of the molecule is Cc1nc(NC(=O)c2c[nH]c3ccccc3c2=O)sc1SCC(N)=O. The lowest BCUT2D eigenvalue weighted by Gasteiger charge is -2.03. The lowest BCUT2D eigenvalue weighted by molar-refractivity contribution is -0.115. The summed E-state index contributed by atoms with van der Waals surface area (Å²) in [6.45, 7) is 1.78. The molecule has 0 saturated carbocycles. The number of hydrogen-bond donors (Lipinski definition) is 3. The number of aryl methyl sites for hydroxylation is 1. The van der Waals surface area contributed by atoms with E-state index in [0.29, 0.717) is 21.7 Å².